The van der Waals surface area contributed by atoms with Gasteiger partial charge in [-0.15, -0.1) is 0 Å². The molecular formula is C65H43N3. The third-order valence-electron chi connectivity index (χ3n) is 14.5. The summed E-state index contributed by atoms with van der Waals surface area (Å²) >= 11 is 0. The van der Waals surface area contributed by atoms with E-state index in [9.17, 15) is 0 Å². The van der Waals surface area contributed by atoms with Crippen molar-refractivity contribution in [2.45, 2.75) is 5.41 Å². The van der Waals surface area contributed by atoms with E-state index in [1.165, 1.54) is 77.1 Å². The summed E-state index contributed by atoms with van der Waals surface area (Å²) < 4.78 is 2.39. The lowest BCUT2D eigenvalue weighted by molar-refractivity contribution is 0.793. The molecular weight excluding hydrogens is 823 g/mol. The van der Waals surface area contributed by atoms with Gasteiger partial charge in [-0.3, -0.25) is 0 Å². The van der Waals surface area contributed by atoms with E-state index in [0.717, 1.165) is 39.8 Å². The SMILES string of the molecule is c1ccc(N(c2ccc3c(c2)C2(c4ccccc4-3)c3ccccc3-c3c(N(c4ccccc4)c4ccc5c(c4)c4ccccc4n5-c4ccccc4)cccc32)c2ccc3ccccc3c2)cc1. The second kappa shape index (κ2) is 15.1. The van der Waals surface area contributed by atoms with Gasteiger partial charge in [-0.1, -0.05) is 170 Å². The molecule has 3 heteroatoms. The summed E-state index contributed by atoms with van der Waals surface area (Å²) in [5.41, 5.74) is 19.9. The van der Waals surface area contributed by atoms with Crippen LogP contribution in [0.15, 0.2) is 261 Å². The Morgan fingerprint density at radius 2 is 0.838 bits per heavy atom. The van der Waals surface area contributed by atoms with Crippen molar-refractivity contribution in [1.29, 1.82) is 0 Å². The van der Waals surface area contributed by atoms with Gasteiger partial charge in [0.25, 0.3) is 0 Å². The Balaban J connectivity index is 1.02. The van der Waals surface area contributed by atoms with Gasteiger partial charge >= 0.3 is 0 Å². The predicted molar refractivity (Wildman–Crippen MR) is 284 cm³/mol. The molecule has 0 fully saturated rings. The highest BCUT2D eigenvalue weighted by Crippen LogP contribution is 2.65. The summed E-state index contributed by atoms with van der Waals surface area (Å²) in [7, 11) is 0. The van der Waals surface area contributed by atoms with Gasteiger partial charge in [-0.05, 0) is 141 Å². The highest BCUT2D eigenvalue weighted by Gasteiger charge is 2.52. The molecule has 2 aliphatic rings. The Labute approximate surface area is 395 Å². The first kappa shape index (κ1) is 38.4. The van der Waals surface area contributed by atoms with E-state index in [4.69, 9.17) is 0 Å². The summed E-state index contributed by atoms with van der Waals surface area (Å²) in [5, 5.41) is 4.89. The zero-order chi connectivity index (χ0) is 44.8. The van der Waals surface area contributed by atoms with Crippen LogP contribution < -0.4 is 9.80 Å². The van der Waals surface area contributed by atoms with E-state index < -0.39 is 5.41 Å². The molecule has 0 amide bonds. The first-order chi connectivity index (χ1) is 33.8. The number of fused-ring (bicyclic) bond motifs is 14. The number of benzene rings is 11. The third-order valence-corrected chi connectivity index (χ3v) is 14.5. The minimum absolute atomic E-state index is 0.578. The molecule has 14 rings (SSSR count). The van der Waals surface area contributed by atoms with Crippen molar-refractivity contribution in [2.24, 2.45) is 0 Å². The van der Waals surface area contributed by atoms with E-state index in [2.05, 4.69) is 275 Å². The molecule has 0 saturated heterocycles. The molecule has 0 N–H and O–H groups in total. The fourth-order valence-corrected chi connectivity index (χ4v) is 11.8. The number of para-hydroxylation sites is 4. The largest absolute Gasteiger partial charge is 0.310 e. The van der Waals surface area contributed by atoms with E-state index in [1.807, 2.05) is 0 Å². The van der Waals surface area contributed by atoms with Crippen LogP contribution in [-0.4, -0.2) is 4.57 Å². The quantitative estimate of drug-likeness (QED) is 0.158. The Morgan fingerprint density at radius 1 is 0.294 bits per heavy atom. The van der Waals surface area contributed by atoms with Crippen molar-refractivity contribution in [1.82, 2.24) is 4.57 Å². The molecule has 12 aromatic rings. The zero-order valence-electron chi connectivity index (χ0n) is 37.2. The fraction of sp³-hybridized carbons (Fsp3) is 0.0154. The number of anilines is 6. The molecule has 0 radical (unpaired) electrons. The van der Waals surface area contributed by atoms with E-state index in [1.54, 1.807) is 0 Å². The van der Waals surface area contributed by atoms with Gasteiger partial charge in [0.05, 0.1) is 22.1 Å². The highest BCUT2D eigenvalue weighted by molar-refractivity contribution is 6.11. The summed E-state index contributed by atoms with van der Waals surface area (Å²) in [6, 6.07) is 96.2. The van der Waals surface area contributed by atoms with E-state index in [0.29, 0.717) is 0 Å². The lowest BCUT2D eigenvalue weighted by Crippen LogP contribution is -2.26. The Morgan fingerprint density at radius 3 is 1.63 bits per heavy atom. The lowest BCUT2D eigenvalue weighted by Gasteiger charge is -2.33. The van der Waals surface area contributed by atoms with Gasteiger partial charge in [-0.25, -0.2) is 0 Å². The standard InChI is InChI=1S/C65H43N3/c1-4-21-46(22-5-1)66(49-36-35-44-19-10-11-20-45(44)41-49)51-37-39-53-52-27-12-15-30-57(52)65(60(53)43-51)58-31-16-13-29-55(58)64-59(65)32-18-34-63(64)67(47-23-6-2-7-24-47)50-38-40-62-56(42-50)54-28-14-17-33-61(54)68(62)48-25-8-3-9-26-48/h1-43H. The molecule has 68 heavy (non-hydrogen) atoms. The fourth-order valence-electron chi connectivity index (χ4n) is 11.8. The average molecular weight is 866 g/mol. The van der Waals surface area contributed by atoms with E-state index in [-0.39, 0.29) is 0 Å². The number of nitrogens with zero attached hydrogens (tertiary/aromatic N) is 3. The minimum atomic E-state index is -0.578. The molecule has 0 bridgehead atoms. The number of aromatic nitrogens is 1. The van der Waals surface area contributed by atoms with Crippen molar-refractivity contribution < 1.29 is 0 Å². The van der Waals surface area contributed by atoms with Crippen LogP contribution in [-0.2, 0) is 5.41 Å². The maximum atomic E-state index is 2.49. The predicted octanol–water partition coefficient (Wildman–Crippen LogP) is 17.2. The number of rotatable bonds is 7. The van der Waals surface area contributed by atoms with Crippen LogP contribution in [0.3, 0.4) is 0 Å². The Bertz CT molecular complexity index is 3930. The zero-order valence-corrected chi connectivity index (χ0v) is 37.2. The second-order valence-corrected chi connectivity index (χ2v) is 18.0. The maximum Gasteiger partial charge on any atom is 0.0727 e. The Kier molecular flexibility index (Phi) is 8.50. The summed E-state index contributed by atoms with van der Waals surface area (Å²) in [5.74, 6) is 0. The first-order valence-corrected chi connectivity index (χ1v) is 23.5. The molecule has 1 heterocycles. The molecule has 0 aliphatic heterocycles. The summed E-state index contributed by atoms with van der Waals surface area (Å²) in [6.07, 6.45) is 0. The van der Waals surface area contributed by atoms with Crippen molar-refractivity contribution in [3.8, 4) is 27.9 Å². The maximum absolute atomic E-state index is 2.49. The summed E-state index contributed by atoms with van der Waals surface area (Å²) in [4.78, 5) is 4.90. The van der Waals surface area contributed by atoms with Gasteiger partial charge in [0.15, 0.2) is 0 Å². The molecule has 2 aliphatic carbocycles. The van der Waals surface area contributed by atoms with Crippen LogP contribution in [0.2, 0.25) is 0 Å². The lowest BCUT2D eigenvalue weighted by atomic mass is 9.70. The van der Waals surface area contributed by atoms with Crippen molar-refractivity contribution in [3.63, 3.8) is 0 Å². The van der Waals surface area contributed by atoms with E-state index >= 15 is 0 Å². The van der Waals surface area contributed by atoms with Crippen LogP contribution in [0.1, 0.15) is 22.3 Å². The van der Waals surface area contributed by atoms with Crippen LogP contribution in [0.5, 0.6) is 0 Å². The van der Waals surface area contributed by atoms with Crippen molar-refractivity contribution >= 4 is 66.7 Å². The second-order valence-electron chi connectivity index (χ2n) is 18.0. The number of hydrogen-bond acceptors (Lipinski definition) is 2. The van der Waals surface area contributed by atoms with Gasteiger partial charge in [0.2, 0.25) is 0 Å². The van der Waals surface area contributed by atoms with Crippen molar-refractivity contribution in [3.05, 3.63) is 283 Å². The number of hydrogen-bond donors (Lipinski definition) is 0. The van der Waals surface area contributed by atoms with Crippen LogP contribution >= 0.6 is 0 Å². The molecule has 11 aromatic carbocycles. The molecule has 1 aromatic heterocycles. The normalized spacial score (nSPS) is 14.2. The van der Waals surface area contributed by atoms with Gasteiger partial charge in [-0.2, -0.15) is 0 Å². The average Bonchev–Trinajstić information content (AvgIpc) is 4.01. The van der Waals surface area contributed by atoms with Crippen LogP contribution in [0.25, 0.3) is 60.5 Å². The van der Waals surface area contributed by atoms with Crippen LogP contribution in [0, 0.1) is 0 Å². The highest BCUT2D eigenvalue weighted by atomic mass is 15.2. The van der Waals surface area contributed by atoms with Gasteiger partial charge in [0.1, 0.15) is 0 Å². The van der Waals surface area contributed by atoms with Gasteiger partial charge < -0.3 is 14.4 Å². The van der Waals surface area contributed by atoms with Crippen molar-refractivity contribution in [2.75, 3.05) is 9.80 Å². The molecule has 3 nitrogen and oxygen atoms in total. The van der Waals surface area contributed by atoms with Gasteiger partial charge in [0, 0.05) is 50.5 Å². The molecule has 0 saturated carbocycles. The Hall–Kier alpha value is -8.92. The molecule has 1 spiro atoms. The minimum Gasteiger partial charge on any atom is -0.310 e. The molecule has 318 valence electrons. The monoisotopic (exact) mass is 865 g/mol. The smallest absolute Gasteiger partial charge is 0.0727 e. The first-order valence-electron chi connectivity index (χ1n) is 23.5. The molecule has 1 atom stereocenters. The van der Waals surface area contributed by atoms with Crippen LogP contribution in [0.4, 0.5) is 34.1 Å². The molecule has 1 unspecified atom stereocenters. The topological polar surface area (TPSA) is 11.4 Å². The third kappa shape index (κ3) is 5.54. The summed E-state index contributed by atoms with van der Waals surface area (Å²) in [6.45, 7) is 0.